The molecule has 1 rings (SSSR count). The smallest absolute Gasteiger partial charge is 0.211 e. The molecule has 0 aliphatic carbocycles. The van der Waals surface area contributed by atoms with E-state index in [4.69, 9.17) is 9.47 Å². The van der Waals surface area contributed by atoms with Crippen molar-refractivity contribution >= 4 is 10.0 Å². The van der Waals surface area contributed by atoms with Crippen LogP contribution in [0.5, 0.6) is 0 Å². The SMILES string of the molecule is CC(OC(CN1CCOCC1)CN(C(C)(C)C)S(C)(=O)=O)C(C)(C)C. The van der Waals surface area contributed by atoms with Crippen LogP contribution in [0.25, 0.3) is 0 Å². The Morgan fingerprint density at radius 3 is 2.04 bits per heavy atom. The van der Waals surface area contributed by atoms with Crippen molar-refractivity contribution in [2.24, 2.45) is 5.41 Å². The fourth-order valence-corrected chi connectivity index (χ4v) is 4.23. The summed E-state index contributed by atoms with van der Waals surface area (Å²) in [6.07, 6.45) is 1.12. The Bertz CT molecular complexity index is 502. The predicted octanol–water partition coefficient (Wildman–Crippen LogP) is 2.20. The Kier molecular flexibility index (Phi) is 7.90. The summed E-state index contributed by atoms with van der Waals surface area (Å²) >= 11 is 0. The van der Waals surface area contributed by atoms with Crippen LogP contribution in [-0.4, -0.2) is 81.0 Å². The Morgan fingerprint density at radius 1 is 1.12 bits per heavy atom. The molecule has 0 N–H and O–H groups in total. The molecular formula is C18H38N2O4S. The van der Waals surface area contributed by atoms with Gasteiger partial charge >= 0.3 is 0 Å². The highest BCUT2D eigenvalue weighted by Crippen LogP contribution is 2.25. The number of sulfonamides is 1. The topological polar surface area (TPSA) is 59.1 Å². The molecule has 25 heavy (non-hydrogen) atoms. The summed E-state index contributed by atoms with van der Waals surface area (Å²) in [6.45, 7) is 18.5. The lowest BCUT2D eigenvalue weighted by molar-refractivity contribution is -0.0835. The molecule has 6 nitrogen and oxygen atoms in total. The normalized spacial score (nSPS) is 20.7. The maximum Gasteiger partial charge on any atom is 0.211 e. The number of hydrogen-bond donors (Lipinski definition) is 0. The standard InChI is InChI=1S/C18H38N2O4S/c1-15(17(2,3)4)24-16(13-19-9-11-23-12-10-19)14-20(18(5,6)7)25(8,21)22/h15-16H,9-14H2,1-8H3. The molecule has 0 spiro atoms. The Morgan fingerprint density at radius 2 is 1.64 bits per heavy atom. The predicted molar refractivity (Wildman–Crippen MR) is 102 cm³/mol. The van der Waals surface area contributed by atoms with Gasteiger partial charge in [-0.1, -0.05) is 20.8 Å². The molecule has 0 aromatic carbocycles. The first-order chi connectivity index (χ1) is 11.2. The number of rotatable bonds is 7. The second-order valence-electron chi connectivity index (χ2n) is 9.14. The first kappa shape index (κ1) is 22.8. The summed E-state index contributed by atoms with van der Waals surface area (Å²) in [5, 5.41) is 0. The molecule has 1 aliphatic heterocycles. The highest BCUT2D eigenvalue weighted by Gasteiger charge is 2.34. The van der Waals surface area contributed by atoms with Gasteiger partial charge in [-0.2, -0.15) is 4.31 Å². The highest BCUT2D eigenvalue weighted by molar-refractivity contribution is 7.88. The van der Waals surface area contributed by atoms with E-state index >= 15 is 0 Å². The Labute approximate surface area is 154 Å². The van der Waals surface area contributed by atoms with Gasteiger partial charge in [0.05, 0.1) is 31.7 Å². The lowest BCUT2D eigenvalue weighted by Gasteiger charge is -2.40. The van der Waals surface area contributed by atoms with Gasteiger partial charge < -0.3 is 9.47 Å². The summed E-state index contributed by atoms with van der Waals surface area (Å²) < 4.78 is 38.0. The van der Waals surface area contributed by atoms with Crippen LogP contribution in [0.4, 0.5) is 0 Å². The largest absolute Gasteiger partial charge is 0.379 e. The van der Waals surface area contributed by atoms with Crippen molar-refractivity contribution in [3.63, 3.8) is 0 Å². The Balaban J connectivity index is 2.94. The van der Waals surface area contributed by atoms with Crippen LogP contribution in [0.2, 0.25) is 0 Å². The zero-order valence-corrected chi connectivity index (χ0v) is 18.1. The van der Waals surface area contributed by atoms with Gasteiger partial charge in [0.2, 0.25) is 10.0 Å². The molecule has 0 amide bonds. The summed E-state index contributed by atoms with van der Waals surface area (Å²) in [5.74, 6) is 0. The fourth-order valence-electron chi connectivity index (χ4n) is 2.80. The number of nitrogens with zero attached hydrogens (tertiary/aromatic N) is 2. The van der Waals surface area contributed by atoms with E-state index in [1.807, 2.05) is 20.8 Å². The van der Waals surface area contributed by atoms with Crippen molar-refractivity contribution in [2.45, 2.75) is 66.2 Å². The zero-order chi connectivity index (χ0) is 19.5. The van der Waals surface area contributed by atoms with E-state index in [0.717, 1.165) is 26.3 Å². The molecule has 1 heterocycles. The molecule has 0 aromatic heterocycles. The van der Waals surface area contributed by atoms with Gasteiger partial charge in [-0.3, -0.25) is 4.90 Å². The number of ether oxygens (including phenoxy) is 2. The van der Waals surface area contributed by atoms with Crippen LogP contribution in [0, 0.1) is 5.41 Å². The second kappa shape index (κ2) is 8.65. The lowest BCUT2D eigenvalue weighted by Crippen LogP contribution is -2.53. The van der Waals surface area contributed by atoms with E-state index in [1.54, 1.807) is 4.31 Å². The molecule has 150 valence electrons. The van der Waals surface area contributed by atoms with E-state index in [9.17, 15) is 8.42 Å². The number of morpholine rings is 1. The third-order valence-electron chi connectivity index (χ3n) is 4.70. The van der Waals surface area contributed by atoms with Crippen LogP contribution < -0.4 is 0 Å². The van der Waals surface area contributed by atoms with Gasteiger partial charge in [0, 0.05) is 31.7 Å². The summed E-state index contributed by atoms with van der Waals surface area (Å²) in [7, 11) is -3.32. The van der Waals surface area contributed by atoms with Crippen molar-refractivity contribution in [2.75, 3.05) is 45.6 Å². The zero-order valence-electron chi connectivity index (χ0n) is 17.3. The third kappa shape index (κ3) is 7.91. The minimum Gasteiger partial charge on any atom is -0.379 e. The van der Waals surface area contributed by atoms with E-state index in [-0.39, 0.29) is 17.6 Å². The van der Waals surface area contributed by atoms with Crippen molar-refractivity contribution < 1.29 is 17.9 Å². The molecule has 1 saturated heterocycles. The molecule has 0 bridgehead atoms. The van der Waals surface area contributed by atoms with Crippen LogP contribution in [-0.2, 0) is 19.5 Å². The van der Waals surface area contributed by atoms with Gasteiger partial charge in [-0.05, 0) is 33.1 Å². The van der Waals surface area contributed by atoms with E-state index < -0.39 is 15.6 Å². The van der Waals surface area contributed by atoms with Crippen molar-refractivity contribution in [3.05, 3.63) is 0 Å². The monoisotopic (exact) mass is 378 g/mol. The lowest BCUT2D eigenvalue weighted by atomic mass is 9.90. The second-order valence-corrected chi connectivity index (χ2v) is 11.1. The van der Waals surface area contributed by atoms with Crippen molar-refractivity contribution in [1.82, 2.24) is 9.21 Å². The minimum atomic E-state index is -3.32. The quantitative estimate of drug-likeness (QED) is 0.680. The summed E-state index contributed by atoms with van der Waals surface area (Å²) in [5.41, 5.74) is -0.480. The fraction of sp³-hybridized carbons (Fsp3) is 1.00. The van der Waals surface area contributed by atoms with Gasteiger partial charge in [0.15, 0.2) is 0 Å². The average molecular weight is 379 g/mol. The maximum absolute atomic E-state index is 12.3. The molecule has 1 fully saturated rings. The third-order valence-corrected chi connectivity index (χ3v) is 6.20. The molecule has 0 radical (unpaired) electrons. The van der Waals surface area contributed by atoms with Crippen molar-refractivity contribution in [3.8, 4) is 0 Å². The number of hydrogen-bond acceptors (Lipinski definition) is 5. The van der Waals surface area contributed by atoms with Crippen molar-refractivity contribution in [1.29, 1.82) is 0 Å². The maximum atomic E-state index is 12.3. The highest BCUT2D eigenvalue weighted by atomic mass is 32.2. The Hall–Kier alpha value is -0.210. The summed E-state index contributed by atoms with van der Waals surface area (Å²) in [4.78, 5) is 2.30. The van der Waals surface area contributed by atoms with Gasteiger partial charge in [-0.15, -0.1) is 0 Å². The van der Waals surface area contributed by atoms with Gasteiger partial charge in [0.1, 0.15) is 0 Å². The average Bonchev–Trinajstić information content (AvgIpc) is 2.42. The molecule has 0 saturated carbocycles. The molecule has 2 unspecified atom stereocenters. The molecular weight excluding hydrogens is 340 g/mol. The first-order valence-corrected chi connectivity index (χ1v) is 11.0. The van der Waals surface area contributed by atoms with Gasteiger partial charge in [0.25, 0.3) is 0 Å². The van der Waals surface area contributed by atoms with E-state index in [2.05, 4.69) is 32.6 Å². The van der Waals surface area contributed by atoms with Crippen LogP contribution >= 0.6 is 0 Å². The van der Waals surface area contributed by atoms with Gasteiger partial charge in [-0.25, -0.2) is 8.42 Å². The van der Waals surface area contributed by atoms with Crippen LogP contribution in [0.3, 0.4) is 0 Å². The van der Waals surface area contributed by atoms with E-state index in [1.165, 1.54) is 6.26 Å². The molecule has 0 aromatic rings. The van der Waals surface area contributed by atoms with Crippen LogP contribution in [0.15, 0.2) is 0 Å². The minimum absolute atomic E-state index is 0.000904. The first-order valence-electron chi connectivity index (χ1n) is 9.14. The molecule has 1 aliphatic rings. The van der Waals surface area contributed by atoms with E-state index in [0.29, 0.717) is 13.1 Å². The summed E-state index contributed by atoms with van der Waals surface area (Å²) in [6, 6.07) is 0. The molecule has 7 heteroatoms. The molecule has 2 atom stereocenters. The van der Waals surface area contributed by atoms with Crippen LogP contribution in [0.1, 0.15) is 48.5 Å².